The summed E-state index contributed by atoms with van der Waals surface area (Å²) in [7, 11) is 0. The number of nitrogens with one attached hydrogen (secondary N) is 2. The van der Waals surface area contributed by atoms with Crippen LogP contribution in [0, 0.1) is 5.92 Å². The van der Waals surface area contributed by atoms with Crippen molar-refractivity contribution in [1.29, 1.82) is 0 Å². The molecule has 3 saturated heterocycles. The quantitative estimate of drug-likeness (QED) is 0.135. The zero-order valence-corrected chi connectivity index (χ0v) is 33.0. The van der Waals surface area contributed by atoms with Crippen LogP contribution in [-0.4, -0.2) is 69.7 Å². The first-order valence-electron chi connectivity index (χ1n) is 20.4. The number of likely N-dealkylation sites (tertiary alicyclic amines) is 1. The maximum absolute atomic E-state index is 13.3. The molecule has 0 bridgehead atoms. The number of hydrogen-bond donors (Lipinski definition) is 3. The Bertz CT molecular complexity index is 2420. The zero-order chi connectivity index (χ0) is 40.3. The van der Waals surface area contributed by atoms with E-state index in [2.05, 4.69) is 85.9 Å². The van der Waals surface area contributed by atoms with Gasteiger partial charge in [0, 0.05) is 43.3 Å². The number of ether oxygens (including phenoxy) is 2. The van der Waals surface area contributed by atoms with Gasteiger partial charge in [-0.25, -0.2) is 4.98 Å². The molecule has 3 aliphatic rings. The summed E-state index contributed by atoms with van der Waals surface area (Å²) in [4.78, 5) is 39.8. The number of anilines is 1. The molecule has 59 heavy (non-hydrogen) atoms. The maximum atomic E-state index is 13.3. The molecule has 11 heteroatoms. The number of aliphatic hydroxyl groups is 1. The molecule has 6 aromatic rings. The number of hydrogen-bond acceptors (Lipinski definition) is 9. The second-order valence-corrected chi connectivity index (χ2v) is 15.8. The Morgan fingerprint density at radius 2 is 1.56 bits per heavy atom. The van der Waals surface area contributed by atoms with Gasteiger partial charge in [0.05, 0.1) is 42.7 Å². The van der Waals surface area contributed by atoms with Crippen molar-refractivity contribution in [2.24, 2.45) is 5.92 Å². The van der Waals surface area contributed by atoms with Crippen molar-refractivity contribution in [2.75, 3.05) is 31.2 Å². The van der Waals surface area contributed by atoms with E-state index in [0.29, 0.717) is 25.3 Å². The van der Waals surface area contributed by atoms with Crippen molar-refractivity contribution in [3.8, 4) is 11.1 Å². The molecule has 0 saturated carbocycles. The molecule has 0 aliphatic carbocycles. The van der Waals surface area contributed by atoms with Crippen molar-refractivity contribution in [1.82, 2.24) is 25.5 Å². The zero-order valence-electron chi connectivity index (χ0n) is 33.0. The van der Waals surface area contributed by atoms with E-state index in [1.54, 1.807) is 0 Å². The summed E-state index contributed by atoms with van der Waals surface area (Å²) < 4.78 is 13.6. The normalized spacial score (nSPS) is 21.7. The average molecular weight is 789 g/mol. The van der Waals surface area contributed by atoms with Crippen LogP contribution in [0.2, 0.25) is 0 Å². The molecule has 3 fully saturated rings. The van der Waals surface area contributed by atoms with Crippen LogP contribution in [0.5, 0.6) is 0 Å². The third kappa shape index (κ3) is 7.94. The molecule has 5 aromatic carbocycles. The number of fused-ring (bicyclic) bond motifs is 1. The SMILES string of the molecule is C[C@H]1[C@@H](CN2CCC3(CC2)C(=O)NCN3c2ccccc2)O[C@@H](c2ccc(-c3cccc(CNC(=O)c4cnc5ccccc5n4)c3)cc2)O[C@H]1c1ccc(CO)cc1. The number of rotatable bonds is 10. The van der Waals surface area contributed by atoms with E-state index in [1.807, 2.05) is 78.9 Å². The van der Waals surface area contributed by atoms with Gasteiger partial charge in [-0.2, -0.15) is 0 Å². The van der Waals surface area contributed by atoms with Crippen LogP contribution in [0.25, 0.3) is 22.2 Å². The molecule has 300 valence electrons. The van der Waals surface area contributed by atoms with Gasteiger partial charge in [0.2, 0.25) is 5.91 Å². The monoisotopic (exact) mass is 788 g/mol. The lowest BCUT2D eigenvalue weighted by molar-refractivity contribution is -0.276. The number of piperidine rings is 1. The van der Waals surface area contributed by atoms with Crippen molar-refractivity contribution in [2.45, 2.75) is 57.0 Å². The number of carbonyl (C=O) groups excluding carboxylic acids is 2. The minimum Gasteiger partial charge on any atom is -0.392 e. The highest BCUT2D eigenvalue weighted by Crippen LogP contribution is 2.43. The van der Waals surface area contributed by atoms with Crippen molar-refractivity contribution >= 4 is 28.5 Å². The Morgan fingerprint density at radius 1 is 0.831 bits per heavy atom. The van der Waals surface area contributed by atoms with Crippen LogP contribution in [0.15, 0.2) is 134 Å². The summed E-state index contributed by atoms with van der Waals surface area (Å²) in [6, 6.07) is 42.1. The van der Waals surface area contributed by atoms with Crippen LogP contribution in [0.1, 0.15) is 64.9 Å². The Hall–Kier alpha value is -5.98. The lowest BCUT2D eigenvalue weighted by Gasteiger charge is -2.46. The Labute approximate surface area is 344 Å². The molecule has 3 aliphatic heterocycles. The third-order valence-electron chi connectivity index (χ3n) is 12.2. The fraction of sp³-hybridized carbons (Fsp3) is 0.292. The highest BCUT2D eigenvalue weighted by Gasteiger charge is 2.51. The fourth-order valence-electron chi connectivity index (χ4n) is 8.75. The minimum absolute atomic E-state index is 0.0176. The van der Waals surface area contributed by atoms with Crippen molar-refractivity contribution in [3.05, 3.63) is 162 Å². The third-order valence-corrected chi connectivity index (χ3v) is 12.2. The smallest absolute Gasteiger partial charge is 0.271 e. The van der Waals surface area contributed by atoms with Gasteiger partial charge in [0.1, 0.15) is 11.2 Å². The first kappa shape index (κ1) is 38.5. The second kappa shape index (κ2) is 16.7. The Balaban J connectivity index is 0.891. The van der Waals surface area contributed by atoms with Crippen LogP contribution in [0.4, 0.5) is 5.69 Å². The lowest BCUT2D eigenvalue weighted by atomic mass is 9.84. The Morgan fingerprint density at radius 3 is 2.32 bits per heavy atom. The molecule has 0 unspecified atom stereocenters. The maximum Gasteiger partial charge on any atom is 0.271 e. The summed E-state index contributed by atoms with van der Waals surface area (Å²) in [6.45, 7) is 5.30. The van der Waals surface area contributed by atoms with E-state index in [-0.39, 0.29) is 42.2 Å². The minimum atomic E-state index is -0.599. The molecule has 3 N–H and O–H groups in total. The van der Waals surface area contributed by atoms with Gasteiger partial charge in [-0.1, -0.05) is 104 Å². The first-order valence-corrected chi connectivity index (χ1v) is 20.4. The van der Waals surface area contributed by atoms with Crippen molar-refractivity contribution in [3.63, 3.8) is 0 Å². The van der Waals surface area contributed by atoms with Gasteiger partial charge in [0.25, 0.3) is 5.91 Å². The van der Waals surface area contributed by atoms with Crippen molar-refractivity contribution < 1.29 is 24.2 Å². The van der Waals surface area contributed by atoms with E-state index < -0.39 is 11.8 Å². The van der Waals surface area contributed by atoms with E-state index in [9.17, 15) is 14.7 Å². The van der Waals surface area contributed by atoms with E-state index in [1.165, 1.54) is 6.20 Å². The first-order chi connectivity index (χ1) is 28.9. The summed E-state index contributed by atoms with van der Waals surface area (Å²) >= 11 is 0. The molecule has 9 rings (SSSR count). The van der Waals surface area contributed by atoms with Crippen LogP contribution in [-0.2, 0) is 27.4 Å². The number of para-hydroxylation sites is 3. The number of aromatic nitrogens is 2. The molecule has 4 atom stereocenters. The van der Waals surface area contributed by atoms with Gasteiger partial charge in [-0.15, -0.1) is 0 Å². The van der Waals surface area contributed by atoms with Gasteiger partial charge < -0.3 is 35.0 Å². The van der Waals surface area contributed by atoms with Gasteiger partial charge in [0.15, 0.2) is 6.29 Å². The fourth-order valence-corrected chi connectivity index (χ4v) is 8.75. The topological polar surface area (TPSA) is 129 Å². The summed E-state index contributed by atoms with van der Waals surface area (Å²) in [5.74, 6) is -0.133. The molecular formula is C48H48N6O5. The number of amides is 2. The van der Waals surface area contributed by atoms with Gasteiger partial charge in [-0.3, -0.25) is 14.6 Å². The number of carbonyl (C=O) groups is 2. The summed E-state index contributed by atoms with van der Waals surface area (Å²) in [5, 5.41) is 15.8. The predicted octanol–water partition coefficient (Wildman–Crippen LogP) is 6.94. The molecular weight excluding hydrogens is 741 g/mol. The van der Waals surface area contributed by atoms with Gasteiger partial charge in [-0.05, 0) is 71.0 Å². The number of nitrogens with zero attached hydrogens (tertiary/aromatic N) is 4. The number of aliphatic hydroxyl groups excluding tert-OH is 1. The predicted molar refractivity (Wildman–Crippen MR) is 226 cm³/mol. The molecule has 2 amide bonds. The standard InChI is InChI=1S/C48H48N6O5/c1-32-43(29-53-24-22-48(23-25-53)47(57)51-31-54(48)39-10-3-2-4-11-39)58-46(59-44(32)36-16-14-33(30-55)15-17-36)37-20-18-35(19-21-37)38-9-7-8-34(26-38)27-50-45(56)42-28-49-40-12-5-6-13-41(40)52-42/h2-21,26,28,32,43-44,46,55H,22-25,27,29-31H2,1H3,(H,50,56)(H,51,57)/t32-,43+,44+,46+/m0/s1. The van der Waals surface area contributed by atoms with Crippen LogP contribution in [0.3, 0.4) is 0 Å². The van der Waals surface area contributed by atoms with E-state index in [0.717, 1.165) is 70.5 Å². The number of benzene rings is 5. The van der Waals surface area contributed by atoms with Crippen LogP contribution >= 0.6 is 0 Å². The summed E-state index contributed by atoms with van der Waals surface area (Å²) in [6.07, 6.45) is 2.00. The molecule has 1 aromatic heterocycles. The largest absolute Gasteiger partial charge is 0.392 e. The second-order valence-electron chi connectivity index (χ2n) is 15.8. The highest BCUT2D eigenvalue weighted by molar-refractivity contribution is 5.94. The lowest BCUT2D eigenvalue weighted by Crippen LogP contribution is -2.57. The molecule has 11 nitrogen and oxygen atoms in total. The van der Waals surface area contributed by atoms with E-state index in [4.69, 9.17) is 9.47 Å². The van der Waals surface area contributed by atoms with E-state index >= 15 is 0 Å². The summed E-state index contributed by atoms with van der Waals surface area (Å²) in [5.41, 5.74) is 8.04. The van der Waals surface area contributed by atoms with Gasteiger partial charge >= 0.3 is 0 Å². The molecule has 0 radical (unpaired) electrons. The highest BCUT2D eigenvalue weighted by atomic mass is 16.7. The molecule has 4 heterocycles. The molecule has 1 spiro atoms. The average Bonchev–Trinajstić information content (AvgIpc) is 3.61. The Kier molecular flexibility index (Phi) is 10.9. The van der Waals surface area contributed by atoms with Crippen LogP contribution < -0.4 is 15.5 Å².